The SMILES string of the molecule is CC(C)c1ccc2c(c1)N(C)C(=O)C2(F)F. The van der Waals surface area contributed by atoms with Crippen molar-refractivity contribution < 1.29 is 13.6 Å². The van der Waals surface area contributed by atoms with Gasteiger partial charge in [0, 0.05) is 7.05 Å². The fourth-order valence-corrected chi connectivity index (χ4v) is 1.89. The predicted octanol–water partition coefficient (Wildman–Crippen LogP) is 2.88. The van der Waals surface area contributed by atoms with Gasteiger partial charge in [0.15, 0.2) is 0 Å². The first-order chi connectivity index (χ1) is 7.35. The Morgan fingerprint density at radius 1 is 1.31 bits per heavy atom. The van der Waals surface area contributed by atoms with Crippen LogP contribution in [0.25, 0.3) is 0 Å². The van der Waals surface area contributed by atoms with Gasteiger partial charge in [0.1, 0.15) is 0 Å². The molecule has 1 aliphatic heterocycles. The molecule has 0 radical (unpaired) electrons. The lowest BCUT2D eigenvalue weighted by molar-refractivity contribution is -0.141. The third kappa shape index (κ3) is 1.32. The topological polar surface area (TPSA) is 20.3 Å². The molecule has 86 valence electrons. The maximum atomic E-state index is 13.5. The van der Waals surface area contributed by atoms with E-state index in [1.54, 1.807) is 12.1 Å². The smallest absolute Gasteiger partial charge is 0.309 e. The second-order valence-corrected chi connectivity index (χ2v) is 4.37. The van der Waals surface area contributed by atoms with Gasteiger partial charge in [-0.3, -0.25) is 4.79 Å². The first-order valence-electron chi connectivity index (χ1n) is 5.16. The predicted molar refractivity (Wildman–Crippen MR) is 57.8 cm³/mol. The Morgan fingerprint density at radius 3 is 2.50 bits per heavy atom. The van der Waals surface area contributed by atoms with Gasteiger partial charge >= 0.3 is 11.8 Å². The molecule has 0 unspecified atom stereocenters. The number of carbonyl (C=O) groups excluding carboxylic acids is 1. The van der Waals surface area contributed by atoms with Crippen molar-refractivity contribution in [2.75, 3.05) is 11.9 Å². The third-order valence-corrected chi connectivity index (χ3v) is 2.96. The maximum absolute atomic E-state index is 13.5. The number of hydrogen-bond donors (Lipinski definition) is 0. The minimum Gasteiger partial charge on any atom is -0.309 e. The molecule has 0 fully saturated rings. The first kappa shape index (κ1) is 11.0. The van der Waals surface area contributed by atoms with Gasteiger partial charge < -0.3 is 4.90 Å². The van der Waals surface area contributed by atoms with E-state index in [0.717, 1.165) is 10.5 Å². The van der Waals surface area contributed by atoms with E-state index in [2.05, 4.69) is 0 Å². The molecular formula is C12H13F2NO. The maximum Gasteiger partial charge on any atom is 0.352 e. The van der Waals surface area contributed by atoms with E-state index in [0.29, 0.717) is 5.69 Å². The van der Waals surface area contributed by atoms with Gasteiger partial charge in [-0.15, -0.1) is 0 Å². The molecule has 0 aromatic heterocycles. The molecule has 1 amide bonds. The van der Waals surface area contributed by atoms with Gasteiger partial charge in [0.05, 0.1) is 11.3 Å². The fraction of sp³-hybridized carbons (Fsp3) is 0.417. The van der Waals surface area contributed by atoms with Crippen molar-refractivity contribution in [3.8, 4) is 0 Å². The van der Waals surface area contributed by atoms with Gasteiger partial charge in [0.25, 0.3) is 0 Å². The highest BCUT2D eigenvalue weighted by molar-refractivity contribution is 6.05. The zero-order valence-corrected chi connectivity index (χ0v) is 9.42. The summed E-state index contributed by atoms with van der Waals surface area (Å²) in [4.78, 5) is 12.4. The molecule has 2 rings (SSSR count). The summed E-state index contributed by atoms with van der Waals surface area (Å²) >= 11 is 0. The Balaban J connectivity index is 2.59. The van der Waals surface area contributed by atoms with Crippen LogP contribution in [0.1, 0.15) is 30.9 Å². The zero-order valence-electron chi connectivity index (χ0n) is 9.42. The van der Waals surface area contributed by atoms with E-state index in [1.807, 2.05) is 13.8 Å². The monoisotopic (exact) mass is 225 g/mol. The van der Waals surface area contributed by atoms with Gasteiger partial charge in [-0.2, -0.15) is 8.78 Å². The second-order valence-electron chi connectivity index (χ2n) is 4.37. The molecule has 2 nitrogen and oxygen atoms in total. The lowest BCUT2D eigenvalue weighted by Crippen LogP contribution is -2.31. The number of anilines is 1. The summed E-state index contributed by atoms with van der Waals surface area (Å²) in [7, 11) is 1.38. The summed E-state index contributed by atoms with van der Waals surface area (Å²) in [6, 6.07) is 4.68. The van der Waals surface area contributed by atoms with Gasteiger partial charge in [0.2, 0.25) is 0 Å². The Labute approximate surface area is 92.9 Å². The number of benzene rings is 1. The second kappa shape index (κ2) is 3.27. The molecule has 4 heteroatoms. The summed E-state index contributed by atoms with van der Waals surface area (Å²) in [6.07, 6.45) is 0. The van der Waals surface area contributed by atoms with Crippen molar-refractivity contribution >= 4 is 11.6 Å². The van der Waals surface area contributed by atoms with E-state index in [1.165, 1.54) is 13.1 Å². The Kier molecular flexibility index (Phi) is 2.26. The minimum atomic E-state index is -3.38. The van der Waals surface area contributed by atoms with Gasteiger partial charge in [-0.25, -0.2) is 0 Å². The first-order valence-corrected chi connectivity index (χ1v) is 5.16. The Bertz CT molecular complexity index is 454. The summed E-state index contributed by atoms with van der Waals surface area (Å²) in [5, 5.41) is 0. The molecule has 1 aliphatic rings. The van der Waals surface area contributed by atoms with Crippen molar-refractivity contribution in [1.82, 2.24) is 0 Å². The van der Waals surface area contributed by atoms with E-state index < -0.39 is 11.8 Å². The minimum absolute atomic E-state index is 0.190. The molecule has 0 saturated carbocycles. The largest absolute Gasteiger partial charge is 0.352 e. The van der Waals surface area contributed by atoms with Crippen LogP contribution in [0.15, 0.2) is 18.2 Å². The number of carbonyl (C=O) groups is 1. The molecular weight excluding hydrogens is 212 g/mol. The van der Waals surface area contributed by atoms with Crippen LogP contribution in [0.2, 0.25) is 0 Å². The number of nitrogens with zero attached hydrogens (tertiary/aromatic N) is 1. The quantitative estimate of drug-likeness (QED) is 0.719. The molecule has 0 atom stereocenters. The number of hydrogen-bond acceptors (Lipinski definition) is 1. The van der Waals surface area contributed by atoms with Crippen LogP contribution in [0.3, 0.4) is 0 Å². The molecule has 1 heterocycles. The van der Waals surface area contributed by atoms with Crippen LogP contribution in [0.5, 0.6) is 0 Å². The highest BCUT2D eigenvalue weighted by Gasteiger charge is 2.51. The van der Waals surface area contributed by atoms with Crippen LogP contribution < -0.4 is 4.90 Å². The van der Waals surface area contributed by atoms with E-state index >= 15 is 0 Å². The van der Waals surface area contributed by atoms with Gasteiger partial charge in [-0.05, 0) is 17.5 Å². The van der Waals surface area contributed by atoms with Crippen molar-refractivity contribution in [2.24, 2.45) is 0 Å². The summed E-state index contributed by atoms with van der Waals surface area (Å²) in [5.41, 5.74) is 1.08. The van der Waals surface area contributed by atoms with E-state index in [9.17, 15) is 13.6 Å². The van der Waals surface area contributed by atoms with Crippen molar-refractivity contribution in [3.63, 3.8) is 0 Å². The molecule has 16 heavy (non-hydrogen) atoms. The molecule has 1 aromatic carbocycles. The highest BCUT2D eigenvalue weighted by Crippen LogP contribution is 2.44. The molecule has 0 N–H and O–H groups in total. The Morgan fingerprint density at radius 2 is 1.94 bits per heavy atom. The van der Waals surface area contributed by atoms with E-state index in [-0.39, 0.29) is 11.5 Å². The number of likely N-dealkylation sites (N-methyl/N-ethyl adjacent to an activating group) is 1. The molecule has 0 bridgehead atoms. The average molecular weight is 225 g/mol. The molecule has 0 spiro atoms. The van der Waals surface area contributed by atoms with Crippen LogP contribution in [0, 0.1) is 0 Å². The van der Waals surface area contributed by atoms with Gasteiger partial charge in [-0.1, -0.05) is 26.0 Å². The van der Waals surface area contributed by atoms with Crippen LogP contribution >= 0.6 is 0 Å². The summed E-state index contributed by atoms with van der Waals surface area (Å²) in [5.74, 6) is -4.27. The summed E-state index contributed by atoms with van der Waals surface area (Å²) < 4.78 is 27.0. The third-order valence-electron chi connectivity index (χ3n) is 2.96. The van der Waals surface area contributed by atoms with Crippen molar-refractivity contribution in [3.05, 3.63) is 29.3 Å². The van der Waals surface area contributed by atoms with Crippen LogP contribution in [-0.4, -0.2) is 13.0 Å². The average Bonchev–Trinajstić information content (AvgIpc) is 2.40. The molecule has 0 saturated heterocycles. The van der Waals surface area contributed by atoms with Crippen molar-refractivity contribution in [2.45, 2.75) is 25.7 Å². The Hall–Kier alpha value is -1.45. The zero-order chi connectivity index (χ0) is 12.1. The van der Waals surface area contributed by atoms with Crippen LogP contribution in [0.4, 0.5) is 14.5 Å². The van der Waals surface area contributed by atoms with E-state index in [4.69, 9.17) is 0 Å². The number of fused-ring (bicyclic) bond motifs is 1. The number of halogens is 2. The van der Waals surface area contributed by atoms with Crippen molar-refractivity contribution in [1.29, 1.82) is 0 Å². The lowest BCUT2D eigenvalue weighted by atomic mass is 9.99. The number of rotatable bonds is 1. The lowest BCUT2D eigenvalue weighted by Gasteiger charge is -2.11. The number of amides is 1. The fourth-order valence-electron chi connectivity index (χ4n) is 1.89. The van der Waals surface area contributed by atoms with Crippen LogP contribution in [-0.2, 0) is 10.7 Å². The standard InChI is InChI=1S/C12H13F2NO/c1-7(2)8-4-5-9-10(6-8)15(3)11(16)12(9,13)14/h4-7H,1-3H3. The highest BCUT2D eigenvalue weighted by atomic mass is 19.3. The summed E-state index contributed by atoms with van der Waals surface area (Å²) in [6.45, 7) is 3.97. The normalized spacial score (nSPS) is 18.1. The molecule has 0 aliphatic carbocycles. The molecule has 1 aromatic rings. The number of alkyl halides is 2.